The Labute approximate surface area is 103 Å². The fourth-order valence-electron chi connectivity index (χ4n) is 3.48. The normalized spacial score (nSPS) is 36.6. The van der Waals surface area contributed by atoms with Crippen molar-refractivity contribution in [3.63, 3.8) is 0 Å². The maximum absolute atomic E-state index is 11.9. The lowest BCUT2D eigenvalue weighted by Gasteiger charge is -2.26. The molecule has 0 heterocycles. The van der Waals surface area contributed by atoms with Crippen LogP contribution in [0.4, 0.5) is 0 Å². The quantitative estimate of drug-likeness (QED) is 0.733. The predicted molar refractivity (Wildman–Crippen MR) is 67.6 cm³/mol. The zero-order chi connectivity index (χ0) is 11.9. The van der Waals surface area contributed by atoms with Gasteiger partial charge in [-0.05, 0) is 56.3 Å². The van der Waals surface area contributed by atoms with Crippen molar-refractivity contribution in [1.29, 1.82) is 0 Å². The highest BCUT2D eigenvalue weighted by Crippen LogP contribution is 2.65. The predicted octanol–water partition coefficient (Wildman–Crippen LogP) is 2.86. The molecule has 94 valence electrons. The molecular weight excluding hydrogens is 212 g/mol. The van der Waals surface area contributed by atoms with Crippen molar-refractivity contribution in [2.45, 2.75) is 58.3 Å². The van der Waals surface area contributed by atoms with Gasteiger partial charge < -0.3 is 0 Å². The molecule has 2 atom stereocenters. The molecule has 0 bridgehead atoms. The van der Waals surface area contributed by atoms with Crippen molar-refractivity contribution in [3.05, 3.63) is 0 Å². The highest BCUT2D eigenvalue weighted by Gasteiger charge is 2.60. The number of carbonyl (C=O) groups is 1. The second-order valence-electron chi connectivity index (χ2n) is 6.33. The minimum absolute atomic E-state index is 0.176. The molecule has 0 saturated heterocycles. The molecule has 1 amide bonds. The average Bonchev–Trinajstić information content (AvgIpc) is 3.01. The molecule has 3 fully saturated rings. The Hall–Kier alpha value is -0.860. The van der Waals surface area contributed by atoms with Crippen molar-refractivity contribution >= 4 is 11.6 Å². The third-order valence-electron chi connectivity index (χ3n) is 4.93. The van der Waals surface area contributed by atoms with Gasteiger partial charge in [0.15, 0.2) is 0 Å². The summed E-state index contributed by atoms with van der Waals surface area (Å²) in [6.07, 6.45) is 9.62. The van der Waals surface area contributed by atoms with E-state index in [2.05, 4.69) is 17.5 Å². The van der Waals surface area contributed by atoms with E-state index in [1.807, 2.05) is 0 Å². The topological polar surface area (TPSA) is 41.5 Å². The summed E-state index contributed by atoms with van der Waals surface area (Å²) >= 11 is 0. The second kappa shape index (κ2) is 4.11. The number of nitrogens with one attached hydrogen (secondary N) is 1. The Balaban J connectivity index is 1.50. The van der Waals surface area contributed by atoms with Crippen LogP contribution < -0.4 is 5.43 Å². The molecule has 1 spiro atoms. The van der Waals surface area contributed by atoms with Gasteiger partial charge in [0, 0.05) is 11.6 Å². The number of hydrogen-bond acceptors (Lipinski definition) is 2. The lowest BCUT2D eigenvalue weighted by atomic mass is 9.80. The minimum atomic E-state index is 0.176. The third-order valence-corrected chi connectivity index (χ3v) is 4.93. The van der Waals surface area contributed by atoms with Crippen molar-refractivity contribution in [1.82, 2.24) is 5.43 Å². The Bertz CT molecular complexity index is 357. The highest BCUT2D eigenvalue weighted by molar-refractivity contribution is 5.88. The van der Waals surface area contributed by atoms with E-state index in [4.69, 9.17) is 0 Å². The van der Waals surface area contributed by atoms with Gasteiger partial charge in [-0.15, -0.1) is 0 Å². The summed E-state index contributed by atoms with van der Waals surface area (Å²) in [5.74, 6) is 1.19. The molecule has 0 unspecified atom stereocenters. The van der Waals surface area contributed by atoms with Gasteiger partial charge in [-0.2, -0.15) is 5.10 Å². The van der Waals surface area contributed by atoms with Gasteiger partial charge in [0.05, 0.1) is 0 Å². The van der Waals surface area contributed by atoms with E-state index in [0.29, 0.717) is 5.41 Å². The third kappa shape index (κ3) is 2.12. The lowest BCUT2D eigenvalue weighted by molar-refractivity contribution is -0.123. The standard InChI is InChI=1S/C14H22N2O/c1-10-4-2-5-11(8-10)15-16-13(17)12-9-14(12)6-3-7-14/h10,12H,2-9H2,1H3,(H,16,17)/b15-11+/t10-,12-/m1/s1. The summed E-state index contributed by atoms with van der Waals surface area (Å²) in [6.45, 7) is 2.26. The van der Waals surface area contributed by atoms with E-state index in [-0.39, 0.29) is 11.8 Å². The molecule has 0 aromatic heterocycles. The van der Waals surface area contributed by atoms with Gasteiger partial charge in [-0.25, -0.2) is 5.43 Å². The molecule has 3 saturated carbocycles. The van der Waals surface area contributed by atoms with Gasteiger partial charge >= 0.3 is 0 Å². The second-order valence-corrected chi connectivity index (χ2v) is 6.33. The van der Waals surface area contributed by atoms with E-state index in [0.717, 1.165) is 25.2 Å². The molecule has 3 heteroatoms. The van der Waals surface area contributed by atoms with Crippen molar-refractivity contribution < 1.29 is 4.79 Å². The first-order chi connectivity index (χ1) is 8.20. The summed E-state index contributed by atoms with van der Waals surface area (Å²) in [7, 11) is 0. The molecule has 3 aliphatic rings. The van der Waals surface area contributed by atoms with E-state index in [9.17, 15) is 4.79 Å². The van der Waals surface area contributed by atoms with Crippen LogP contribution in [0.25, 0.3) is 0 Å². The molecule has 3 aliphatic carbocycles. The van der Waals surface area contributed by atoms with Crippen LogP contribution in [0.1, 0.15) is 58.3 Å². The van der Waals surface area contributed by atoms with Crippen LogP contribution in [-0.4, -0.2) is 11.6 Å². The maximum atomic E-state index is 11.9. The molecular formula is C14H22N2O. The number of hydrogen-bond donors (Lipinski definition) is 1. The Kier molecular flexibility index (Phi) is 2.72. The monoisotopic (exact) mass is 234 g/mol. The van der Waals surface area contributed by atoms with E-state index in [1.165, 1.54) is 37.8 Å². The van der Waals surface area contributed by atoms with Gasteiger partial charge in [0.25, 0.3) is 0 Å². The highest BCUT2D eigenvalue weighted by atomic mass is 16.2. The summed E-state index contributed by atoms with van der Waals surface area (Å²) < 4.78 is 0. The van der Waals surface area contributed by atoms with Crippen LogP contribution in [0.3, 0.4) is 0 Å². The van der Waals surface area contributed by atoms with Gasteiger partial charge in [0.2, 0.25) is 5.91 Å². The first-order valence-electron chi connectivity index (χ1n) is 7.05. The fraction of sp³-hybridized carbons (Fsp3) is 0.857. The van der Waals surface area contributed by atoms with E-state index >= 15 is 0 Å². The number of hydrazone groups is 1. The Morgan fingerprint density at radius 1 is 1.41 bits per heavy atom. The SMILES string of the molecule is C[C@@H]1CCC/C(=N\NC(=O)[C@H]2CC23CCC3)C1. The summed E-state index contributed by atoms with van der Waals surface area (Å²) in [5.41, 5.74) is 4.42. The van der Waals surface area contributed by atoms with Gasteiger partial charge in [0.1, 0.15) is 0 Å². The van der Waals surface area contributed by atoms with Crippen LogP contribution in [0.15, 0.2) is 5.10 Å². The van der Waals surface area contributed by atoms with Gasteiger partial charge in [-0.3, -0.25) is 4.79 Å². The van der Waals surface area contributed by atoms with Crippen molar-refractivity contribution in [3.8, 4) is 0 Å². The zero-order valence-corrected chi connectivity index (χ0v) is 10.7. The van der Waals surface area contributed by atoms with Crippen LogP contribution >= 0.6 is 0 Å². The van der Waals surface area contributed by atoms with Crippen LogP contribution in [0.2, 0.25) is 0 Å². The largest absolute Gasteiger partial charge is 0.273 e. The summed E-state index contributed by atoms with van der Waals surface area (Å²) in [4.78, 5) is 11.9. The Morgan fingerprint density at radius 3 is 2.82 bits per heavy atom. The zero-order valence-electron chi connectivity index (χ0n) is 10.7. The first-order valence-corrected chi connectivity index (χ1v) is 7.05. The smallest absolute Gasteiger partial charge is 0.243 e. The summed E-state index contributed by atoms with van der Waals surface area (Å²) in [5, 5.41) is 4.34. The van der Waals surface area contributed by atoms with E-state index in [1.54, 1.807) is 0 Å². The van der Waals surface area contributed by atoms with Crippen molar-refractivity contribution in [2.24, 2.45) is 22.4 Å². The molecule has 3 rings (SSSR count). The van der Waals surface area contributed by atoms with Crippen molar-refractivity contribution in [2.75, 3.05) is 0 Å². The fourth-order valence-corrected chi connectivity index (χ4v) is 3.48. The molecule has 1 N–H and O–H groups in total. The van der Waals surface area contributed by atoms with Crippen LogP contribution in [0.5, 0.6) is 0 Å². The molecule has 3 nitrogen and oxygen atoms in total. The average molecular weight is 234 g/mol. The number of amides is 1. The first kappa shape index (κ1) is 11.2. The van der Waals surface area contributed by atoms with Crippen LogP contribution in [-0.2, 0) is 4.79 Å². The summed E-state index contributed by atoms with van der Waals surface area (Å²) in [6, 6.07) is 0. The number of carbonyl (C=O) groups excluding carboxylic acids is 1. The lowest BCUT2D eigenvalue weighted by Crippen LogP contribution is -2.27. The maximum Gasteiger partial charge on any atom is 0.243 e. The van der Waals surface area contributed by atoms with E-state index < -0.39 is 0 Å². The van der Waals surface area contributed by atoms with Crippen LogP contribution in [0, 0.1) is 17.3 Å². The Morgan fingerprint density at radius 2 is 2.24 bits per heavy atom. The molecule has 0 aliphatic heterocycles. The van der Waals surface area contributed by atoms with Gasteiger partial charge in [-0.1, -0.05) is 13.3 Å². The molecule has 0 aromatic carbocycles. The molecule has 17 heavy (non-hydrogen) atoms. The minimum Gasteiger partial charge on any atom is -0.273 e. The molecule has 0 aromatic rings. The number of rotatable bonds is 2. The number of nitrogens with zero attached hydrogens (tertiary/aromatic N) is 1. The molecule has 0 radical (unpaired) electrons.